The molecule has 2 aromatic carbocycles. The molecular formula is C23H23Cl2N5O3. The molecule has 10 heteroatoms. The van der Waals surface area contributed by atoms with Gasteiger partial charge in [0.1, 0.15) is 11.5 Å². The maximum atomic E-state index is 12.8. The number of carbonyl (C=O) groups excluding carboxylic acids is 1. The summed E-state index contributed by atoms with van der Waals surface area (Å²) >= 11 is 12.2. The molecular weight excluding hydrogens is 465 g/mol. The molecule has 33 heavy (non-hydrogen) atoms. The van der Waals surface area contributed by atoms with Crippen molar-refractivity contribution in [1.29, 1.82) is 0 Å². The van der Waals surface area contributed by atoms with E-state index in [4.69, 9.17) is 32.7 Å². The molecule has 8 nitrogen and oxygen atoms in total. The smallest absolute Gasteiger partial charge is 0.322 e. The fourth-order valence-corrected chi connectivity index (χ4v) is 4.07. The summed E-state index contributed by atoms with van der Waals surface area (Å²) in [5.41, 5.74) is 2.04. The Kier molecular flexibility index (Phi) is 7.05. The van der Waals surface area contributed by atoms with Gasteiger partial charge in [0, 0.05) is 42.8 Å². The zero-order valence-electron chi connectivity index (χ0n) is 18.2. The molecule has 1 aliphatic heterocycles. The number of ether oxygens (including phenoxy) is 2. The Balaban J connectivity index is 1.36. The quantitative estimate of drug-likeness (QED) is 0.555. The molecule has 172 valence electrons. The van der Waals surface area contributed by atoms with Crippen molar-refractivity contribution in [3.63, 3.8) is 0 Å². The Morgan fingerprint density at radius 1 is 0.939 bits per heavy atom. The van der Waals surface area contributed by atoms with Crippen LogP contribution in [0.15, 0.2) is 48.5 Å². The third-order valence-electron chi connectivity index (χ3n) is 5.40. The first-order valence-corrected chi connectivity index (χ1v) is 11.1. The fraction of sp³-hybridized carbons (Fsp3) is 0.261. The predicted octanol–water partition coefficient (Wildman–Crippen LogP) is 4.82. The number of nitrogens with zero attached hydrogens (tertiary/aromatic N) is 4. The third kappa shape index (κ3) is 5.23. The molecule has 0 unspecified atom stereocenters. The van der Waals surface area contributed by atoms with Crippen molar-refractivity contribution >= 4 is 40.7 Å². The van der Waals surface area contributed by atoms with Gasteiger partial charge in [0.05, 0.1) is 30.6 Å². The number of anilines is 2. The average molecular weight is 488 g/mol. The molecule has 2 amide bonds. The molecule has 1 aliphatic rings. The second-order valence-corrected chi connectivity index (χ2v) is 8.22. The van der Waals surface area contributed by atoms with Crippen LogP contribution in [0.1, 0.15) is 0 Å². The van der Waals surface area contributed by atoms with E-state index in [1.54, 1.807) is 49.5 Å². The number of hydrogen-bond acceptors (Lipinski definition) is 6. The number of nitrogens with one attached hydrogen (secondary N) is 1. The Hall–Kier alpha value is -3.23. The molecule has 4 rings (SSSR count). The zero-order chi connectivity index (χ0) is 23.4. The molecule has 0 radical (unpaired) electrons. The average Bonchev–Trinajstić information content (AvgIpc) is 2.84. The van der Waals surface area contributed by atoms with E-state index in [0.29, 0.717) is 59.1 Å². The maximum Gasteiger partial charge on any atom is 0.322 e. The highest BCUT2D eigenvalue weighted by Crippen LogP contribution is 2.30. The normalized spacial score (nSPS) is 13.6. The van der Waals surface area contributed by atoms with Gasteiger partial charge in [-0.2, -0.15) is 0 Å². The summed E-state index contributed by atoms with van der Waals surface area (Å²) in [4.78, 5) is 16.6. The summed E-state index contributed by atoms with van der Waals surface area (Å²) in [5.74, 6) is 1.95. The zero-order valence-corrected chi connectivity index (χ0v) is 19.7. The SMILES string of the molecule is COc1ccc(NC(=O)N2CCN(c3ccc(-c4ccc(Cl)cc4Cl)nn3)CC2)c(OC)c1. The van der Waals surface area contributed by atoms with Crippen molar-refractivity contribution in [2.45, 2.75) is 0 Å². The van der Waals surface area contributed by atoms with E-state index in [1.807, 2.05) is 18.2 Å². The summed E-state index contributed by atoms with van der Waals surface area (Å²) in [5, 5.41) is 12.7. The largest absolute Gasteiger partial charge is 0.497 e. The van der Waals surface area contributed by atoms with Crippen molar-refractivity contribution in [2.75, 3.05) is 50.6 Å². The lowest BCUT2D eigenvalue weighted by atomic mass is 10.1. The lowest BCUT2D eigenvalue weighted by molar-refractivity contribution is 0.208. The van der Waals surface area contributed by atoms with Crippen molar-refractivity contribution < 1.29 is 14.3 Å². The van der Waals surface area contributed by atoms with Gasteiger partial charge in [0.25, 0.3) is 0 Å². The highest BCUT2D eigenvalue weighted by Gasteiger charge is 2.23. The van der Waals surface area contributed by atoms with Crippen LogP contribution in [0.5, 0.6) is 11.5 Å². The number of amides is 2. The van der Waals surface area contributed by atoms with Crippen LogP contribution in [0.3, 0.4) is 0 Å². The van der Waals surface area contributed by atoms with Crippen LogP contribution < -0.4 is 19.7 Å². The molecule has 2 heterocycles. The summed E-state index contributed by atoms with van der Waals surface area (Å²) in [6.45, 7) is 2.39. The van der Waals surface area contributed by atoms with Crippen LogP contribution in [0.2, 0.25) is 10.0 Å². The van der Waals surface area contributed by atoms with Crippen LogP contribution in [-0.4, -0.2) is 61.5 Å². The van der Waals surface area contributed by atoms with Gasteiger partial charge in [-0.1, -0.05) is 23.2 Å². The van der Waals surface area contributed by atoms with E-state index >= 15 is 0 Å². The van der Waals surface area contributed by atoms with E-state index in [1.165, 1.54) is 0 Å². The van der Waals surface area contributed by atoms with Crippen LogP contribution in [0.4, 0.5) is 16.3 Å². The fourth-order valence-electron chi connectivity index (χ4n) is 3.57. The summed E-state index contributed by atoms with van der Waals surface area (Å²) in [6, 6.07) is 14.1. The van der Waals surface area contributed by atoms with Crippen LogP contribution in [0, 0.1) is 0 Å². The number of rotatable bonds is 5. The first-order valence-electron chi connectivity index (χ1n) is 10.3. The standard InChI is InChI=1S/C23H23Cl2N5O3/c1-32-16-4-6-20(21(14-16)33-2)26-23(31)30-11-9-29(10-12-30)22-8-7-19(27-28-22)17-5-3-15(24)13-18(17)25/h3-8,13-14H,9-12H2,1-2H3,(H,26,31). The van der Waals surface area contributed by atoms with Gasteiger partial charge < -0.3 is 24.6 Å². The molecule has 0 atom stereocenters. The minimum absolute atomic E-state index is 0.183. The number of methoxy groups -OCH3 is 2. The van der Waals surface area contributed by atoms with Crippen LogP contribution >= 0.6 is 23.2 Å². The number of halogens is 2. The Labute approximate surface area is 202 Å². The highest BCUT2D eigenvalue weighted by molar-refractivity contribution is 6.36. The topological polar surface area (TPSA) is 79.8 Å². The first-order chi connectivity index (χ1) is 16.0. The molecule has 1 N–H and O–H groups in total. The maximum absolute atomic E-state index is 12.8. The summed E-state index contributed by atoms with van der Waals surface area (Å²) in [7, 11) is 3.13. The number of carbonyl (C=O) groups is 1. The first kappa shape index (κ1) is 22.9. The molecule has 0 aliphatic carbocycles. The molecule has 0 bridgehead atoms. The molecule has 0 spiro atoms. The Morgan fingerprint density at radius 3 is 2.36 bits per heavy atom. The second-order valence-electron chi connectivity index (χ2n) is 7.37. The van der Waals surface area contributed by atoms with Crippen molar-refractivity contribution in [1.82, 2.24) is 15.1 Å². The van der Waals surface area contributed by atoms with Gasteiger partial charge in [-0.25, -0.2) is 4.79 Å². The van der Waals surface area contributed by atoms with Gasteiger partial charge in [0.2, 0.25) is 0 Å². The molecule has 1 fully saturated rings. The molecule has 1 saturated heterocycles. The van der Waals surface area contributed by atoms with E-state index < -0.39 is 0 Å². The Morgan fingerprint density at radius 2 is 1.73 bits per heavy atom. The van der Waals surface area contributed by atoms with E-state index in [9.17, 15) is 4.79 Å². The highest BCUT2D eigenvalue weighted by atomic mass is 35.5. The van der Waals surface area contributed by atoms with Crippen molar-refractivity contribution in [3.05, 3.63) is 58.6 Å². The van der Waals surface area contributed by atoms with Gasteiger partial charge in [-0.05, 0) is 42.5 Å². The van der Waals surface area contributed by atoms with E-state index in [-0.39, 0.29) is 6.03 Å². The third-order valence-corrected chi connectivity index (χ3v) is 5.95. The van der Waals surface area contributed by atoms with Crippen LogP contribution in [-0.2, 0) is 0 Å². The van der Waals surface area contributed by atoms with E-state index in [2.05, 4.69) is 20.4 Å². The lowest BCUT2D eigenvalue weighted by Gasteiger charge is -2.35. The van der Waals surface area contributed by atoms with Crippen LogP contribution in [0.25, 0.3) is 11.3 Å². The summed E-state index contributed by atoms with van der Waals surface area (Å²) in [6.07, 6.45) is 0. The van der Waals surface area contributed by atoms with Crippen molar-refractivity contribution in [2.24, 2.45) is 0 Å². The number of benzene rings is 2. The van der Waals surface area contributed by atoms with Gasteiger partial charge >= 0.3 is 6.03 Å². The number of urea groups is 1. The van der Waals surface area contributed by atoms with Gasteiger partial charge in [-0.15, -0.1) is 10.2 Å². The molecule has 0 saturated carbocycles. The van der Waals surface area contributed by atoms with Gasteiger partial charge in [-0.3, -0.25) is 0 Å². The molecule has 3 aromatic rings. The minimum Gasteiger partial charge on any atom is -0.497 e. The Bertz CT molecular complexity index is 1140. The monoisotopic (exact) mass is 487 g/mol. The predicted molar refractivity (Wildman–Crippen MR) is 130 cm³/mol. The summed E-state index contributed by atoms with van der Waals surface area (Å²) < 4.78 is 10.6. The van der Waals surface area contributed by atoms with Gasteiger partial charge in [0.15, 0.2) is 5.82 Å². The second kappa shape index (κ2) is 10.1. The molecule has 1 aromatic heterocycles. The number of aromatic nitrogens is 2. The minimum atomic E-state index is -0.183. The van der Waals surface area contributed by atoms with Crippen molar-refractivity contribution in [3.8, 4) is 22.8 Å². The number of hydrogen-bond donors (Lipinski definition) is 1. The number of piperazine rings is 1. The van der Waals surface area contributed by atoms with E-state index in [0.717, 1.165) is 11.4 Å². The lowest BCUT2D eigenvalue weighted by Crippen LogP contribution is -2.50.